The van der Waals surface area contributed by atoms with Crippen LogP contribution in [0.3, 0.4) is 0 Å². The van der Waals surface area contributed by atoms with Crippen molar-refractivity contribution in [2.24, 2.45) is 5.73 Å². The Hall–Kier alpha value is -1.14. The molecule has 19 heavy (non-hydrogen) atoms. The van der Waals surface area contributed by atoms with Gasteiger partial charge in [0.1, 0.15) is 6.04 Å². The van der Waals surface area contributed by atoms with Crippen LogP contribution in [0.5, 0.6) is 0 Å². The number of rotatable bonds is 6. The fourth-order valence-corrected chi connectivity index (χ4v) is 2.72. The lowest BCUT2D eigenvalue weighted by Gasteiger charge is -2.26. The van der Waals surface area contributed by atoms with Crippen molar-refractivity contribution < 1.29 is 14.3 Å². The second-order valence-corrected chi connectivity index (χ2v) is 5.35. The molecule has 1 saturated heterocycles. The first-order valence-corrected chi connectivity index (χ1v) is 6.92. The lowest BCUT2D eigenvalue weighted by molar-refractivity contribution is -0.138. The molecule has 2 aliphatic rings. The average molecular weight is 269 g/mol. The van der Waals surface area contributed by atoms with Gasteiger partial charge >= 0.3 is 0 Å². The number of primary amides is 1. The van der Waals surface area contributed by atoms with Crippen LogP contribution < -0.4 is 5.73 Å². The number of nitrogens with zero attached hydrogens (tertiary/aromatic N) is 2. The fourth-order valence-electron chi connectivity index (χ4n) is 2.72. The number of carbonyl (C=O) groups excluding carboxylic acids is 2. The van der Waals surface area contributed by atoms with Crippen LogP contribution in [0.4, 0.5) is 0 Å². The minimum atomic E-state index is -0.518. The third kappa shape index (κ3) is 3.25. The zero-order chi connectivity index (χ0) is 14.0. The van der Waals surface area contributed by atoms with Crippen molar-refractivity contribution in [2.45, 2.75) is 44.4 Å². The number of carbonyl (C=O) groups is 2. The summed E-state index contributed by atoms with van der Waals surface area (Å²) in [6, 6.07) is 0.0252. The molecule has 0 aromatic heterocycles. The van der Waals surface area contributed by atoms with Crippen molar-refractivity contribution in [1.82, 2.24) is 9.80 Å². The van der Waals surface area contributed by atoms with E-state index in [1.807, 2.05) is 0 Å². The number of hydrogen-bond donors (Lipinski definition) is 1. The Balaban J connectivity index is 1.97. The molecule has 0 unspecified atom stereocenters. The molecule has 0 spiro atoms. The topological polar surface area (TPSA) is 75.9 Å². The van der Waals surface area contributed by atoms with Crippen LogP contribution in [0.1, 0.15) is 26.2 Å². The van der Waals surface area contributed by atoms with Crippen LogP contribution in [0, 0.1) is 0 Å². The van der Waals surface area contributed by atoms with E-state index in [1.165, 1.54) is 12.8 Å². The third-order valence-electron chi connectivity index (χ3n) is 4.05. The number of likely N-dealkylation sites (tertiary alicyclic amines) is 1. The van der Waals surface area contributed by atoms with Crippen molar-refractivity contribution in [1.29, 1.82) is 0 Å². The maximum atomic E-state index is 12.3. The SMILES string of the molecule is CCN(CC(=O)N1C[C@@H](OC)C[C@H]1C(N)=O)C1CC1. The zero-order valence-corrected chi connectivity index (χ0v) is 11.7. The first-order chi connectivity index (χ1) is 9.06. The second-order valence-electron chi connectivity index (χ2n) is 5.35. The molecule has 2 amide bonds. The van der Waals surface area contributed by atoms with E-state index in [1.54, 1.807) is 12.0 Å². The molecule has 0 aromatic rings. The monoisotopic (exact) mass is 269 g/mol. The summed E-state index contributed by atoms with van der Waals surface area (Å²) in [5, 5.41) is 0. The highest BCUT2D eigenvalue weighted by Crippen LogP contribution is 2.27. The van der Waals surface area contributed by atoms with Gasteiger partial charge in [-0.25, -0.2) is 0 Å². The molecule has 1 aliphatic carbocycles. The van der Waals surface area contributed by atoms with E-state index in [4.69, 9.17) is 10.5 Å². The largest absolute Gasteiger partial charge is 0.380 e. The standard InChI is InChI=1S/C13H23N3O3/c1-3-15(9-4-5-9)8-12(17)16-7-10(19-2)6-11(16)13(14)18/h9-11H,3-8H2,1-2H3,(H2,14,18)/t10-,11-/m0/s1. The smallest absolute Gasteiger partial charge is 0.240 e. The van der Waals surface area contributed by atoms with Crippen LogP contribution in [-0.4, -0.2) is 66.5 Å². The summed E-state index contributed by atoms with van der Waals surface area (Å²) in [6.45, 7) is 3.75. The van der Waals surface area contributed by atoms with Crippen LogP contribution in [0.15, 0.2) is 0 Å². The molecule has 6 heteroatoms. The molecule has 2 rings (SSSR count). The molecule has 0 bridgehead atoms. The number of ether oxygens (including phenoxy) is 1. The molecule has 0 radical (unpaired) electrons. The normalized spacial score (nSPS) is 27.0. The van der Waals surface area contributed by atoms with Gasteiger partial charge in [0, 0.05) is 26.1 Å². The number of nitrogens with two attached hydrogens (primary N) is 1. The number of amides is 2. The molecular weight excluding hydrogens is 246 g/mol. The van der Waals surface area contributed by atoms with E-state index < -0.39 is 11.9 Å². The molecule has 2 atom stereocenters. The first-order valence-electron chi connectivity index (χ1n) is 6.92. The van der Waals surface area contributed by atoms with Crippen LogP contribution in [-0.2, 0) is 14.3 Å². The van der Waals surface area contributed by atoms with Crippen LogP contribution in [0.25, 0.3) is 0 Å². The van der Waals surface area contributed by atoms with Crippen molar-refractivity contribution >= 4 is 11.8 Å². The highest BCUT2D eigenvalue weighted by Gasteiger charge is 2.40. The summed E-state index contributed by atoms with van der Waals surface area (Å²) < 4.78 is 5.25. The minimum Gasteiger partial charge on any atom is -0.380 e. The second kappa shape index (κ2) is 5.88. The van der Waals surface area contributed by atoms with Crippen molar-refractivity contribution in [3.63, 3.8) is 0 Å². The minimum absolute atomic E-state index is 0.0166. The maximum Gasteiger partial charge on any atom is 0.240 e. The van der Waals surface area contributed by atoms with Gasteiger partial charge in [-0.3, -0.25) is 14.5 Å². The molecular formula is C13H23N3O3. The summed E-state index contributed by atoms with van der Waals surface area (Å²) in [4.78, 5) is 27.5. The number of hydrogen-bond acceptors (Lipinski definition) is 4. The van der Waals surface area contributed by atoms with Crippen molar-refractivity contribution in [2.75, 3.05) is 26.7 Å². The molecule has 1 heterocycles. The van der Waals surface area contributed by atoms with Crippen LogP contribution in [0.2, 0.25) is 0 Å². The molecule has 108 valence electrons. The average Bonchev–Trinajstić information content (AvgIpc) is 3.13. The summed E-state index contributed by atoms with van der Waals surface area (Å²) >= 11 is 0. The van der Waals surface area contributed by atoms with Gasteiger partial charge in [0.15, 0.2) is 0 Å². The number of methoxy groups -OCH3 is 1. The molecule has 6 nitrogen and oxygen atoms in total. The van der Waals surface area contributed by atoms with Gasteiger partial charge in [-0.1, -0.05) is 6.92 Å². The fraction of sp³-hybridized carbons (Fsp3) is 0.846. The van der Waals surface area contributed by atoms with Gasteiger partial charge in [0.2, 0.25) is 11.8 Å². The molecule has 1 aliphatic heterocycles. The van der Waals surface area contributed by atoms with Gasteiger partial charge in [0.05, 0.1) is 12.6 Å². The van der Waals surface area contributed by atoms with Gasteiger partial charge < -0.3 is 15.4 Å². The Morgan fingerprint density at radius 1 is 1.42 bits per heavy atom. The van der Waals surface area contributed by atoms with Crippen molar-refractivity contribution in [3.05, 3.63) is 0 Å². The molecule has 1 saturated carbocycles. The Morgan fingerprint density at radius 3 is 2.58 bits per heavy atom. The van der Waals surface area contributed by atoms with E-state index in [2.05, 4.69) is 11.8 Å². The van der Waals surface area contributed by atoms with E-state index in [0.29, 0.717) is 25.6 Å². The molecule has 2 N–H and O–H groups in total. The molecule has 2 fully saturated rings. The van der Waals surface area contributed by atoms with Crippen LogP contribution >= 0.6 is 0 Å². The highest BCUT2D eigenvalue weighted by atomic mass is 16.5. The number of likely N-dealkylation sites (N-methyl/N-ethyl adjacent to an activating group) is 1. The highest BCUT2D eigenvalue weighted by molar-refractivity contribution is 5.88. The Morgan fingerprint density at radius 2 is 2.11 bits per heavy atom. The first kappa shape index (κ1) is 14.3. The van der Waals surface area contributed by atoms with E-state index in [-0.39, 0.29) is 12.0 Å². The molecule has 0 aromatic carbocycles. The summed E-state index contributed by atoms with van der Waals surface area (Å²) in [5.74, 6) is -0.459. The van der Waals surface area contributed by atoms with E-state index >= 15 is 0 Å². The lowest BCUT2D eigenvalue weighted by Crippen LogP contribution is -2.48. The Bertz CT molecular complexity index is 357. The zero-order valence-electron chi connectivity index (χ0n) is 11.7. The quantitative estimate of drug-likeness (QED) is 0.710. The predicted molar refractivity (Wildman–Crippen MR) is 70.4 cm³/mol. The lowest BCUT2D eigenvalue weighted by atomic mass is 10.2. The summed E-state index contributed by atoms with van der Waals surface area (Å²) in [5.41, 5.74) is 5.38. The van der Waals surface area contributed by atoms with Gasteiger partial charge in [-0.2, -0.15) is 0 Å². The van der Waals surface area contributed by atoms with Crippen molar-refractivity contribution in [3.8, 4) is 0 Å². The van der Waals surface area contributed by atoms with Gasteiger partial charge in [0.25, 0.3) is 0 Å². The van der Waals surface area contributed by atoms with E-state index in [9.17, 15) is 9.59 Å². The Kier molecular flexibility index (Phi) is 4.42. The Labute approximate surface area is 113 Å². The van der Waals surface area contributed by atoms with Gasteiger partial charge in [-0.15, -0.1) is 0 Å². The third-order valence-corrected chi connectivity index (χ3v) is 4.05. The summed E-state index contributed by atoms with van der Waals surface area (Å²) in [6.07, 6.45) is 2.76. The van der Waals surface area contributed by atoms with Gasteiger partial charge in [-0.05, 0) is 19.4 Å². The predicted octanol–water partition coefficient (Wildman–Crippen LogP) is -0.428. The summed E-state index contributed by atoms with van der Waals surface area (Å²) in [7, 11) is 1.60. The van der Waals surface area contributed by atoms with E-state index in [0.717, 1.165) is 6.54 Å². The maximum absolute atomic E-state index is 12.3.